The van der Waals surface area contributed by atoms with Crippen LogP contribution in [0.15, 0.2) is 30.6 Å². The Bertz CT molecular complexity index is 847. The first-order valence-corrected chi connectivity index (χ1v) is 8.11. The Kier molecular flexibility index (Phi) is 5.17. The molecule has 9 nitrogen and oxygen atoms in total. The maximum absolute atomic E-state index is 12.6. The summed E-state index contributed by atoms with van der Waals surface area (Å²) in [6.45, 7) is 0.811. The number of carbonyl (C=O) groups is 1. The summed E-state index contributed by atoms with van der Waals surface area (Å²) in [5.41, 5.74) is -0.0842. The maximum atomic E-state index is 12.6. The first kappa shape index (κ1) is 17.9. The molecule has 26 heavy (non-hydrogen) atoms. The molecule has 0 radical (unpaired) electrons. The van der Waals surface area contributed by atoms with Crippen molar-refractivity contribution in [3.63, 3.8) is 0 Å². The molecule has 2 heterocycles. The lowest BCUT2D eigenvalue weighted by molar-refractivity contribution is -0.384. The standard InChI is InChI=1S/C16H15ClN4O5/c1-25-14-7-18-8-15(19-14)26-11-4-5-20(9-11)16(22)10-2-3-12(17)13(6-10)21(23)24/h2-3,6-8,11H,4-5,9H2,1H3. The SMILES string of the molecule is COc1cncc(OC2CCN(C(=O)c3ccc(Cl)c([N+](=O)[O-])c3)C2)n1. The summed E-state index contributed by atoms with van der Waals surface area (Å²) in [6.07, 6.45) is 3.29. The summed E-state index contributed by atoms with van der Waals surface area (Å²) in [6, 6.07) is 4.01. The number of nitrogens with zero attached hydrogens (tertiary/aromatic N) is 4. The zero-order valence-corrected chi connectivity index (χ0v) is 14.5. The van der Waals surface area contributed by atoms with E-state index in [4.69, 9.17) is 21.1 Å². The van der Waals surface area contributed by atoms with E-state index in [2.05, 4.69) is 9.97 Å². The Morgan fingerprint density at radius 2 is 2.15 bits per heavy atom. The van der Waals surface area contributed by atoms with Gasteiger partial charge in [-0.15, -0.1) is 0 Å². The number of amides is 1. The van der Waals surface area contributed by atoms with Crippen LogP contribution in [0, 0.1) is 10.1 Å². The van der Waals surface area contributed by atoms with Crippen molar-refractivity contribution in [3.8, 4) is 11.8 Å². The summed E-state index contributed by atoms with van der Waals surface area (Å²) >= 11 is 5.78. The molecular formula is C16H15ClN4O5. The fraction of sp³-hybridized carbons (Fsp3) is 0.312. The molecule has 1 saturated heterocycles. The second kappa shape index (κ2) is 7.52. The minimum atomic E-state index is -0.615. The van der Waals surface area contributed by atoms with Gasteiger partial charge in [0.2, 0.25) is 11.8 Å². The van der Waals surface area contributed by atoms with Crippen molar-refractivity contribution in [2.45, 2.75) is 12.5 Å². The molecule has 3 rings (SSSR count). The van der Waals surface area contributed by atoms with Crippen LogP contribution in [0.25, 0.3) is 0 Å². The molecule has 1 fully saturated rings. The zero-order chi connectivity index (χ0) is 18.7. The molecule has 1 aliphatic rings. The summed E-state index contributed by atoms with van der Waals surface area (Å²) in [5.74, 6) is 0.334. The molecule has 1 unspecified atom stereocenters. The highest BCUT2D eigenvalue weighted by Crippen LogP contribution is 2.26. The minimum absolute atomic E-state index is 0.00854. The molecule has 1 aromatic heterocycles. The fourth-order valence-corrected chi connectivity index (χ4v) is 2.82. The van der Waals surface area contributed by atoms with Crippen LogP contribution in [0.2, 0.25) is 5.02 Å². The van der Waals surface area contributed by atoms with Crippen LogP contribution in [0.3, 0.4) is 0 Å². The minimum Gasteiger partial charge on any atom is -0.480 e. The van der Waals surface area contributed by atoms with Gasteiger partial charge in [-0.05, 0) is 12.1 Å². The van der Waals surface area contributed by atoms with Crippen molar-refractivity contribution >= 4 is 23.2 Å². The number of nitro benzene ring substituents is 1. The van der Waals surface area contributed by atoms with Gasteiger partial charge in [-0.3, -0.25) is 19.9 Å². The highest BCUT2D eigenvalue weighted by atomic mass is 35.5. The molecule has 136 valence electrons. The Balaban J connectivity index is 1.67. The molecule has 2 aromatic rings. The van der Waals surface area contributed by atoms with Gasteiger partial charge >= 0.3 is 0 Å². The van der Waals surface area contributed by atoms with E-state index in [9.17, 15) is 14.9 Å². The van der Waals surface area contributed by atoms with Gasteiger partial charge < -0.3 is 14.4 Å². The molecule has 1 aliphatic heterocycles. The molecule has 1 amide bonds. The van der Waals surface area contributed by atoms with Gasteiger partial charge in [0.05, 0.1) is 31.0 Å². The number of nitro groups is 1. The average Bonchev–Trinajstić information content (AvgIpc) is 3.10. The lowest BCUT2D eigenvalue weighted by Gasteiger charge is -2.17. The second-order valence-electron chi connectivity index (χ2n) is 5.60. The van der Waals surface area contributed by atoms with Crippen molar-refractivity contribution < 1.29 is 19.2 Å². The highest BCUT2D eigenvalue weighted by Gasteiger charge is 2.29. The predicted molar refractivity (Wildman–Crippen MR) is 91.6 cm³/mol. The van der Waals surface area contributed by atoms with Gasteiger partial charge in [-0.1, -0.05) is 11.6 Å². The molecular weight excluding hydrogens is 364 g/mol. The molecule has 1 aromatic carbocycles. The number of carbonyl (C=O) groups excluding carboxylic acids is 1. The monoisotopic (exact) mass is 378 g/mol. The molecule has 10 heteroatoms. The van der Waals surface area contributed by atoms with Crippen LogP contribution in [-0.4, -0.2) is 52.0 Å². The smallest absolute Gasteiger partial charge is 0.288 e. The molecule has 0 N–H and O–H groups in total. The van der Waals surface area contributed by atoms with Crippen molar-refractivity contribution in [2.75, 3.05) is 20.2 Å². The van der Waals surface area contributed by atoms with E-state index in [1.54, 1.807) is 4.90 Å². The van der Waals surface area contributed by atoms with Gasteiger partial charge in [-0.25, -0.2) is 0 Å². The number of halogens is 1. The number of benzene rings is 1. The van der Waals surface area contributed by atoms with Crippen molar-refractivity contribution in [2.24, 2.45) is 0 Å². The number of hydrogen-bond donors (Lipinski definition) is 0. The molecule has 0 saturated carbocycles. The Morgan fingerprint density at radius 3 is 2.88 bits per heavy atom. The largest absolute Gasteiger partial charge is 0.480 e. The van der Waals surface area contributed by atoms with E-state index in [-0.39, 0.29) is 28.3 Å². The van der Waals surface area contributed by atoms with Gasteiger partial charge in [-0.2, -0.15) is 4.98 Å². The van der Waals surface area contributed by atoms with Crippen LogP contribution in [0.4, 0.5) is 5.69 Å². The van der Waals surface area contributed by atoms with Gasteiger partial charge in [0.25, 0.3) is 11.6 Å². The van der Waals surface area contributed by atoms with Crippen LogP contribution in [-0.2, 0) is 0 Å². The van der Waals surface area contributed by atoms with E-state index in [0.29, 0.717) is 31.3 Å². The number of aromatic nitrogens is 2. The molecule has 0 spiro atoms. The summed E-state index contributed by atoms with van der Waals surface area (Å²) in [7, 11) is 1.48. The van der Waals surface area contributed by atoms with E-state index in [0.717, 1.165) is 0 Å². The first-order chi connectivity index (χ1) is 12.5. The van der Waals surface area contributed by atoms with Gasteiger partial charge in [0.1, 0.15) is 11.1 Å². The predicted octanol–water partition coefficient (Wildman–Crippen LogP) is 2.34. The maximum Gasteiger partial charge on any atom is 0.288 e. The number of hydrogen-bond acceptors (Lipinski definition) is 7. The van der Waals surface area contributed by atoms with Crippen LogP contribution < -0.4 is 9.47 Å². The third-order valence-electron chi connectivity index (χ3n) is 3.91. The Hall–Kier alpha value is -2.94. The lowest BCUT2D eigenvalue weighted by Crippen LogP contribution is -2.31. The van der Waals surface area contributed by atoms with Gasteiger partial charge in [0, 0.05) is 24.6 Å². The van der Waals surface area contributed by atoms with Crippen molar-refractivity contribution in [3.05, 3.63) is 51.3 Å². The number of rotatable bonds is 5. The summed E-state index contributed by atoms with van der Waals surface area (Å²) in [5, 5.41) is 11.0. The average molecular weight is 379 g/mol. The lowest BCUT2D eigenvalue weighted by atomic mass is 10.2. The van der Waals surface area contributed by atoms with Crippen LogP contribution in [0.1, 0.15) is 16.8 Å². The number of methoxy groups -OCH3 is 1. The third-order valence-corrected chi connectivity index (χ3v) is 4.23. The first-order valence-electron chi connectivity index (χ1n) is 7.74. The second-order valence-corrected chi connectivity index (χ2v) is 6.01. The molecule has 0 aliphatic carbocycles. The highest BCUT2D eigenvalue weighted by molar-refractivity contribution is 6.32. The van der Waals surface area contributed by atoms with E-state index in [1.807, 2.05) is 0 Å². The van der Waals surface area contributed by atoms with Crippen molar-refractivity contribution in [1.29, 1.82) is 0 Å². The van der Waals surface area contributed by atoms with E-state index >= 15 is 0 Å². The number of likely N-dealkylation sites (tertiary alicyclic amines) is 1. The summed E-state index contributed by atoms with van der Waals surface area (Å²) in [4.78, 5) is 32.6. The zero-order valence-electron chi connectivity index (χ0n) is 13.8. The topological polar surface area (TPSA) is 108 Å². The summed E-state index contributed by atoms with van der Waals surface area (Å²) < 4.78 is 10.7. The molecule has 0 bridgehead atoms. The number of ether oxygens (including phenoxy) is 2. The third kappa shape index (κ3) is 3.83. The normalized spacial score (nSPS) is 16.4. The quantitative estimate of drug-likeness (QED) is 0.580. The van der Waals surface area contributed by atoms with Gasteiger partial charge in [0.15, 0.2) is 0 Å². The van der Waals surface area contributed by atoms with E-state index < -0.39 is 4.92 Å². The van der Waals surface area contributed by atoms with Crippen LogP contribution in [0.5, 0.6) is 11.8 Å². The molecule has 1 atom stereocenters. The van der Waals surface area contributed by atoms with Crippen LogP contribution >= 0.6 is 11.6 Å². The van der Waals surface area contributed by atoms with E-state index in [1.165, 1.54) is 37.7 Å². The fourth-order valence-electron chi connectivity index (χ4n) is 2.63. The Morgan fingerprint density at radius 1 is 1.38 bits per heavy atom. The van der Waals surface area contributed by atoms with Crippen molar-refractivity contribution in [1.82, 2.24) is 14.9 Å². The Labute approximate surface area is 153 Å².